The zero-order chi connectivity index (χ0) is 18.6. The van der Waals surface area contributed by atoms with Crippen LogP contribution < -0.4 is 4.72 Å². The highest BCUT2D eigenvalue weighted by Crippen LogP contribution is 2.28. The van der Waals surface area contributed by atoms with Crippen molar-refractivity contribution < 1.29 is 17.9 Å². The van der Waals surface area contributed by atoms with Crippen molar-refractivity contribution >= 4 is 43.5 Å². The van der Waals surface area contributed by atoms with Crippen LogP contribution in [0.1, 0.15) is 11.6 Å². The Kier molecular flexibility index (Phi) is 6.40. The van der Waals surface area contributed by atoms with Crippen molar-refractivity contribution in [2.75, 3.05) is 7.11 Å². The van der Waals surface area contributed by atoms with Crippen LogP contribution in [-0.2, 0) is 19.6 Å². The maximum Gasteiger partial charge on any atom is 0.335 e. The highest BCUT2D eigenvalue weighted by molar-refractivity contribution is 9.10. The van der Waals surface area contributed by atoms with Gasteiger partial charge in [0.2, 0.25) is 10.0 Å². The first-order chi connectivity index (χ1) is 11.8. The number of halogens is 2. The van der Waals surface area contributed by atoms with Gasteiger partial charge in [-0.15, -0.1) is 0 Å². The number of nitrogens with one attached hydrogen (secondary N) is 1. The van der Waals surface area contributed by atoms with Gasteiger partial charge in [0, 0.05) is 9.50 Å². The molecule has 1 atom stereocenters. The molecule has 2 aromatic rings. The fourth-order valence-electron chi connectivity index (χ4n) is 2.13. The fraction of sp³-hybridized carbons (Fsp3) is 0.118. The molecule has 0 spiro atoms. The quantitative estimate of drug-likeness (QED) is 0.542. The molecule has 0 fully saturated rings. The summed E-state index contributed by atoms with van der Waals surface area (Å²) < 4.78 is 33.1. The molecule has 0 bridgehead atoms. The molecule has 0 aliphatic rings. The van der Waals surface area contributed by atoms with E-state index in [0.29, 0.717) is 15.1 Å². The lowest BCUT2D eigenvalue weighted by atomic mass is 10.0. The topological polar surface area (TPSA) is 72.5 Å². The summed E-state index contributed by atoms with van der Waals surface area (Å²) in [6, 6.07) is 11.8. The van der Waals surface area contributed by atoms with Gasteiger partial charge in [-0.2, -0.15) is 4.72 Å². The van der Waals surface area contributed by atoms with Gasteiger partial charge >= 0.3 is 5.97 Å². The highest BCUT2D eigenvalue weighted by atomic mass is 79.9. The van der Waals surface area contributed by atoms with E-state index in [1.807, 2.05) is 0 Å². The molecule has 0 amide bonds. The average molecular weight is 445 g/mol. The van der Waals surface area contributed by atoms with Crippen LogP contribution >= 0.6 is 27.5 Å². The number of benzene rings is 2. The molecule has 8 heteroatoms. The average Bonchev–Trinajstić information content (AvgIpc) is 2.59. The minimum atomic E-state index is -3.93. The van der Waals surface area contributed by atoms with Crippen LogP contribution in [-0.4, -0.2) is 21.5 Å². The van der Waals surface area contributed by atoms with Crippen LogP contribution in [0.5, 0.6) is 0 Å². The summed E-state index contributed by atoms with van der Waals surface area (Å²) in [7, 11) is -2.73. The molecule has 25 heavy (non-hydrogen) atoms. The third kappa shape index (κ3) is 4.70. The van der Waals surface area contributed by atoms with E-state index < -0.39 is 22.0 Å². The minimum absolute atomic E-state index is 0.0412. The Hall–Kier alpha value is -1.67. The lowest BCUT2D eigenvalue weighted by Crippen LogP contribution is -2.32. The molecule has 0 radical (unpaired) electrons. The molecule has 132 valence electrons. The van der Waals surface area contributed by atoms with Gasteiger partial charge < -0.3 is 4.74 Å². The number of carbonyl (C=O) groups is 1. The fourth-order valence-corrected chi connectivity index (χ4v) is 4.47. The number of methoxy groups -OCH3 is 1. The standard InChI is InChI=1S/C17H15BrClNO4S/c1-11(17(21)24-2)16(12-7-9-13(19)10-8-12)20-25(22,23)15-6-4-3-5-14(15)18/h3-10,16,20H,1H2,2H3. The van der Waals surface area contributed by atoms with E-state index in [2.05, 4.69) is 32.0 Å². The van der Waals surface area contributed by atoms with E-state index in [-0.39, 0.29) is 10.5 Å². The number of hydrogen-bond acceptors (Lipinski definition) is 4. The molecule has 2 rings (SSSR count). The number of rotatable bonds is 6. The van der Waals surface area contributed by atoms with Gasteiger partial charge in [0.1, 0.15) is 0 Å². The summed E-state index contributed by atoms with van der Waals surface area (Å²) in [5.41, 5.74) is 0.468. The van der Waals surface area contributed by atoms with Crippen LogP contribution in [0.4, 0.5) is 0 Å². The SMILES string of the molecule is C=C(C(=O)OC)C(NS(=O)(=O)c1ccccc1Br)c1ccc(Cl)cc1. The largest absolute Gasteiger partial charge is 0.466 e. The third-order valence-electron chi connectivity index (χ3n) is 3.40. The van der Waals surface area contributed by atoms with Crippen LogP contribution in [0.3, 0.4) is 0 Å². The van der Waals surface area contributed by atoms with Crippen molar-refractivity contribution in [3.8, 4) is 0 Å². The Morgan fingerprint density at radius 1 is 1.20 bits per heavy atom. The number of sulfonamides is 1. The Morgan fingerprint density at radius 2 is 1.80 bits per heavy atom. The van der Waals surface area contributed by atoms with Gasteiger partial charge in [-0.1, -0.05) is 42.4 Å². The van der Waals surface area contributed by atoms with Gasteiger partial charge in [-0.3, -0.25) is 0 Å². The predicted octanol–water partition coefficient (Wildman–Crippen LogP) is 3.85. The normalized spacial score (nSPS) is 12.4. The lowest BCUT2D eigenvalue weighted by Gasteiger charge is -2.20. The smallest absolute Gasteiger partial charge is 0.335 e. The van der Waals surface area contributed by atoms with Crippen LogP contribution in [0.25, 0.3) is 0 Å². The summed E-state index contributed by atoms with van der Waals surface area (Å²) in [4.78, 5) is 11.9. The van der Waals surface area contributed by atoms with E-state index in [4.69, 9.17) is 11.6 Å². The first-order valence-corrected chi connectivity index (χ1v) is 9.71. The van der Waals surface area contributed by atoms with E-state index in [9.17, 15) is 13.2 Å². The molecule has 0 saturated carbocycles. The highest BCUT2D eigenvalue weighted by Gasteiger charge is 2.28. The van der Waals surface area contributed by atoms with Crippen molar-refractivity contribution in [2.45, 2.75) is 10.9 Å². The van der Waals surface area contributed by atoms with Gasteiger partial charge in [-0.25, -0.2) is 13.2 Å². The second kappa shape index (κ2) is 8.14. The number of esters is 1. The molecule has 0 heterocycles. The maximum absolute atomic E-state index is 12.8. The van der Waals surface area contributed by atoms with E-state index >= 15 is 0 Å². The number of ether oxygens (including phenoxy) is 1. The second-order valence-electron chi connectivity index (χ2n) is 5.05. The second-order valence-corrected chi connectivity index (χ2v) is 8.03. The monoisotopic (exact) mass is 443 g/mol. The van der Waals surface area contributed by atoms with Gasteiger partial charge in [0.05, 0.1) is 23.6 Å². The summed E-state index contributed by atoms with van der Waals surface area (Å²) in [5, 5.41) is 0.486. The van der Waals surface area contributed by atoms with Crippen LogP contribution in [0, 0.1) is 0 Å². The molecule has 2 aromatic carbocycles. The first-order valence-electron chi connectivity index (χ1n) is 7.05. The summed E-state index contributed by atoms with van der Waals surface area (Å²) in [5.74, 6) is -0.713. The molecular weight excluding hydrogens is 430 g/mol. The lowest BCUT2D eigenvalue weighted by molar-refractivity contribution is -0.136. The van der Waals surface area contributed by atoms with Crippen LogP contribution in [0.2, 0.25) is 5.02 Å². The molecule has 0 aliphatic carbocycles. The molecule has 5 nitrogen and oxygen atoms in total. The van der Waals surface area contributed by atoms with Crippen LogP contribution in [0.15, 0.2) is 70.1 Å². The molecule has 1 N–H and O–H groups in total. The minimum Gasteiger partial charge on any atom is -0.466 e. The summed E-state index contributed by atoms with van der Waals surface area (Å²) in [6.45, 7) is 3.68. The van der Waals surface area contributed by atoms with Crippen molar-refractivity contribution in [3.05, 3.63) is 75.7 Å². The van der Waals surface area contributed by atoms with Gasteiger partial charge in [0.25, 0.3) is 0 Å². The number of carbonyl (C=O) groups excluding carboxylic acids is 1. The molecule has 0 aromatic heterocycles. The molecular formula is C17H15BrClNO4S. The zero-order valence-corrected chi connectivity index (χ0v) is 16.4. The van der Waals surface area contributed by atoms with Crippen molar-refractivity contribution in [1.82, 2.24) is 4.72 Å². The van der Waals surface area contributed by atoms with Crippen molar-refractivity contribution in [1.29, 1.82) is 0 Å². The first kappa shape index (κ1) is 19.7. The predicted molar refractivity (Wildman–Crippen MR) is 99.8 cm³/mol. The number of hydrogen-bond donors (Lipinski definition) is 1. The Morgan fingerprint density at radius 3 is 2.36 bits per heavy atom. The van der Waals surface area contributed by atoms with Crippen molar-refractivity contribution in [2.24, 2.45) is 0 Å². The third-order valence-corrected chi connectivity index (χ3v) is 6.09. The summed E-state index contributed by atoms with van der Waals surface area (Å²) >= 11 is 9.09. The molecule has 1 unspecified atom stereocenters. The Balaban J connectivity index is 2.46. The summed E-state index contributed by atoms with van der Waals surface area (Å²) in [6.07, 6.45) is 0. The van der Waals surface area contributed by atoms with E-state index in [1.165, 1.54) is 13.2 Å². The Labute approximate surface area is 159 Å². The van der Waals surface area contributed by atoms with Gasteiger partial charge in [0.15, 0.2) is 0 Å². The van der Waals surface area contributed by atoms with Gasteiger partial charge in [-0.05, 0) is 45.8 Å². The van der Waals surface area contributed by atoms with E-state index in [1.54, 1.807) is 42.5 Å². The zero-order valence-electron chi connectivity index (χ0n) is 13.2. The Bertz CT molecular complexity index is 897. The molecule has 0 aliphatic heterocycles. The maximum atomic E-state index is 12.8. The molecule has 0 saturated heterocycles. The van der Waals surface area contributed by atoms with E-state index in [0.717, 1.165) is 0 Å². The van der Waals surface area contributed by atoms with Crippen molar-refractivity contribution in [3.63, 3.8) is 0 Å².